The molecule has 180 valence electrons. The number of imidazole rings is 1. The summed E-state index contributed by atoms with van der Waals surface area (Å²) in [7, 11) is 1.68. The summed E-state index contributed by atoms with van der Waals surface area (Å²) in [6.45, 7) is 8.99. The van der Waals surface area contributed by atoms with E-state index < -0.39 is 0 Å². The molecule has 0 spiro atoms. The number of nitrogens with zero attached hydrogens (tertiary/aromatic N) is 3. The van der Waals surface area contributed by atoms with E-state index in [1.807, 2.05) is 26.0 Å². The maximum atomic E-state index is 14.0. The molecule has 35 heavy (non-hydrogen) atoms. The lowest BCUT2D eigenvalue weighted by molar-refractivity contribution is 0.0597. The Labute approximate surface area is 207 Å². The Balaban J connectivity index is 1.66. The molecule has 0 saturated carbocycles. The number of carbonyl (C=O) groups is 1. The number of amides is 1. The van der Waals surface area contributed by atoms with Crippen LogP contribution in [0.3, 0.4) is 0 Å². The van der Waals surface area contributed by atoms with Crippen molar-refractivity contribution in [2.75, 3.05) is 13.7 Å². The van der Waals surface area contributed by atoms with Crippen LogP contribution < -0.4 is 4.74 Å². The van der Waals surface area contributed by atoms with Gasteiger partial charge in [0.2, 0.25) is 0 Å². The molecule has 1 aliphatic rings. The van der Waals surface area contributed by atoms with E-state index in [1.54, 1.807) is 7.11 Å². The van der Waals surface area contributed by atoms with Crippen LogP contribution in [-0.4, -0.2) is 34.0 Å². The third-order valence-corrected chi connectivity index (χ3v) is 7.12. The largest absolute Gasteiger partial charge is 0.497 e. The molecule has 1 saturated heterocycles. The van der Waals surface area contributed by atoms with Crippen molar-refractivity contribution in [3.05, 3.63) is 88.2 Å². The lowest BCUT2D eigenvalue weighted by atomic mass is 9.95. The third-order valence-electron chi connectivity index (χ3n) is 7.12. The van der Waals surface area contributed by atoms with Gasteiger partial charge in [-0.2, -0.15) is 0 Å². The van der Waals surface area contributed by atoms with Gasteiger partial charge in [0.1, 0.15) is 11.6 Å². The summed E-state index contributed by atoms with van der Waals surface area (Å²) in [5.41, 5.74) is 8.28. The van der Waals surface area contributed by atoms with E-state index in [4.69, 9.17) is 9.72 Å². The second kappa shape index (κ2) is 9.21. The van der Waals surface area contributed by atoms with Gasteiger partial charge in [0.25, 0.3) is 5.91 Å². The molecule has 5 heteroatoms. The SMILES string of the molecule is COc1ccc(-n2c(C3CCCCN3C(=O)c3c(C)cc(C)cc3C)nc3cc(C)ccc32)cc1. The van der Waals surface area contributed by atoms with Crippen molar-refractivity contribution in [2.24, 2.45) is 0 Å². The predicted molar refractivity (Wildman–Crippen MR) is 141 cm³/mol. The molecule has 5 nitrogen and oxygen atoms in total. The Morgan fingerprint density at radius 2 is 1.63 bits per heavy atom. The number of fused-ring (bicyclic) bond motifs is 1. The Hall–Kier alpha value is -3.60. The number of hydrogen-bond acceptors (Lipinski definition) is 3. The summed E-state index contributed by atoms with van der Waals surface area (Å²) in [6, 6.07) is 18.6. The maximum absolute atomic E-state index is 14.0. The summed E-state index contributed by atoms with van der Waals surface area (Å²) >= 11 is 0. The molecule has 1 atom stereocenters. The van der Waals surface area contributed by atoms with E-state index >= 15 is 0 Å². The highest BCUT2D eigenvalue weighted by atomic mass is 16.5. The van der Waals surface area contributed by atoms with Crippen LogP contribution in [0.2, 0.25) is 0 Å². The summed E-state index contributed by atoms with van der Waals surface area (Å²) in [4.78, 5) is 21.2. The van der Waals surface area contributed by atoms with E-state index in [1.165, 1.54) is 11.1 Å². The molecule has 2 heterocycles. The number of hydrogen-bond donors (Lipinski definition) is 0. The van der Waals surface area contributed by atoms with Crippen LogP contribution in [0.5, 0.6) is 5.75 Å². The number of aromatic nitrogens is 2. The molecule has 4 aromatic rings. The predicted octanol–water partition coefficient (Wildman–Crippen LogP) is 6.64. The van der Waals surface area contributed by atoms with Gasteiger partial charge < -0.3 is 9.64 Å². The number of rotatable bonds is 4. The fourth-order valence-corrected chi connectivity index (χ4v) is 5.54. The van der Waals surface area contributed by atoms with Crippen LogP contribution in [0.4, 0.5) is 0 Å². The Bertz CT molecular complexity index is 1380. The molecular formula is C30H33N3O2. The molecule has 0 aliphatic carbocycles. The smallest absolute Gasteiger partial charge is 0.255 e. The second-order valence-electron chi connectivity index (χ2n) is 9.78. The van der Waals surface area contributed by atoms with Gasteiger partial charge >= 0.3 is 0 Å². The summed E-state index contributed by atoms with van der Waals surface area (Å²) in [6.07, 6.45) is 2.98. The molecule has 1 unspecified atom stereocenters. The first-order chi connectivity index (χ1) is 16.9. The molecule has 0 radical (unpaired) electrons. The first kappa shape index (κ1) is 23.2. The Morgan fingerprint density at radius 1 is 0.914 bits per heavy atom. The van der Waals surface area contributed by atoms with E-state index in [9.17, 15) is 4.79 Å². The average molecular weight is 468 g/mol. The molecular weight excluding hydrogens is 434 g/mol. The van der Waals surface area contributed by atoms with Gasteiger partial charge in [0.15, 0.2) is 0 Å². The fourth-order valence-electron chi connectivity index (χ4n) is 5.54. The standard InChI is InChI=1S/C30H33N3O2/c1-19-9-14-26-25(18-19)31-29(33(26)23-10-12-24(35-5)13-11-23)27-8-6-7-15-32(27)30(34)28-21(3)16-20(2)17-22(28)4/h9-14,16-18,27H,6-8,15H2,1-5H3. The first-order valence-electron chi connectivity index (χ1n) is 12.4. The van der Waals surface area contributed by atoms with Crippen molar-refractivity contribution in [2.45, 2.75) is 53.0 Å². The van der Waals surface area contributed by atoms with E-state index in [-0.39, 0.29) is 11.9 Å². The number of likely N-dealkylation sites (tertiary alicyclic amines) is 1. The van der Waals surface area contributed by atoms with Gasteiger partial charge in [0, 0.05) is 17.8 Å². The summed E-state index contributed by atoms with van der Waals surface area (Å²) < 4.78 is 7.61. The minimum Gasteiger partial charge on any atom is -0.497 e. The molecule has 1 aromatic heterocycles. The molecule has 0 N–H and O–H groups in total. The van der Waals surface area contributed by atoms with Crippen molar-refractivity contribution < 1.29 is 9.53 Å². The highest BCUT2D eigenvalue weighted by molar-refractivity contribution is 5.97. The monoisotopic (exact) mass is 467 g/mol. The first-order valence-corrected chi connectivity index (χ1v) is 12.4. The quantitative estimate of drug-likeness (QED) is 0.338. The van der Waals surface area contributed by atoms with Crippen molar-refractivity contribution in [3.63, 3.8) is 0 Å². The van der Waals surface area contributed by atoms with Gasteiger partial charge in [0.05, 0.1) is 24.2 Å². The van der Waals surface area contributed by atoms with Crippen LogP contribution in [0.25, 0.3) is 16.7 Å². The van der Waals surface area contributed by atoms with Gasteiger partial charge in [-0.25, -0.2) is 4.98 Å². The zero-order valence-corrected chi connectivity index (χ0v) is 21.3. The Kier molecular flexibility index (Phi) is 6.10. The number of benzene rings is 3. The highest BCUT2D eigenvalue weighted by Gasteiger charge is 2.34. The van der Waals surface area contributed by atoms with Gasteiger partial charge in [-0.3, -0.25) is 9.36 Å². The van der Waals surface area contributed by atoms with Crippen LogP contribution in [-0.2, 0) is 0 Å². The summed E-state index contributed by atoms with van der Waals surface area (Å²) in [5.74, 6) is 1.84. The summed E-state index contributed by atoms with van der Waals surface area (Å²) in [5, 5.41) is 0. The normalized spacial score (nSPS) is 16.0. The van der Waals surface area contributed by atoms with Crippen LogP contribution in [0, 0.1) is 27.7 Å². The maximum Gasteiger partial charge on any atom is 0.255 e. The fraction of sp³-hybridized carbons (Fsp3) is 0.333. The van der Waals surface area contributed by atoms with Gasteiger partial charge in [-0.1, -0.05) is 23.8 Å². The van der Waals surface area contributed by atoms with E-state index in [0.29, 0.717) is 0 Å². The molecule has 0 bridgehead atoms. The molecule has 5 rings (SSSR count). The average Bonchev–Trinajstić information content (AvgIpc) is 3.21. The zero-order chi connectivity index (χ0) is 24.7. The molecule has 1 fully saturated rings. The van der Waals surface area contributed by atoms with Crippen molar-refractivity contribution >= 4 is 16.9 Å². The van der Waals surface area contributed by atoms with Crippen LogP contribution >= 0.6 is 0 Å². The topological polar surface area (TPSA) is 47.4 Å². The van der Waals surface area contributed by atoms with E-state index in [0.717, 1.165) is 70.8 Å². The molecule has 3 aromatic carbocycles. The third kappa shape index (κ3) is 4.20. The van der Waals surface area contributed by atoms with Crippen molar-refractivity contribution in [1.29, 1.82) is 0 Å². The second-order valence-corrected chi connectivity index (χ2v) is 9.78. The molecule has 1 amide bonds. The lowest BCUT2D eigenvalue weighted by Gasteiger charge is -2.36. The number of ether oxygens (including phenoxy) is 1. The van der Waals surface area contributed by atoms with Crippen LogP contribution in [0.15, 0.2) is 54.6 Å². The minimum absolute atomic E-state index is 0.0915. The minimum atomic E-state index is -0.0915. The number of carbonyl (C=O) groups excluding carboxylic acids is 1. The molecule has 1 aliphatic heterocycles. The number of piperidine rings is 1. The Morgan fingerprint density at radius 3 is 2.31 bits per heavy atom. The number of methoxy groups -OCH3 is 1. The van der Waals surface area contributed by atoms with E-state index in [2.05, 4.69) is 65.8 Å². The lowest BCUT2D eigenvalue weighted by Crippen LogP contribution is -2.40. The zero-order valence-electron chi connectivity index (χ0n) is 21.3. The van der Waals surface area contributed by atoms with Crippen molar-refractivity contribution in [3.8, 4) is 11.4 Å². The highest BCUT2D eigenvalue weighted by Crippen LogP contribution is 2.36. The van der Waals surface area contributed by atoms with Gasteiger partial charge in [-0.05, 0) is 100 Å². The van der Waals surface area contributed by atoms with Crippen molar-refractivity contribution in [1.82, 2.24) is 14.5 Å². The van der Waals surface area contributed by atoms with Gasteiger partial charge in [-0.15, -0.1) is 0 Å². The van der Waals surface area contributed by atoms with Crippen LogP contribution in [0.1, 0.15) is 63.7 Å². The number of aryl methyl sites for hydroxylation is 4.